The average molecular weight is 320 g/mol. The second kappa shape index (κ2) is 7.37. The van der Waals surface area contributed by atoms with Crippen molar-refractivity contribution in [3.8, 4) is 0 Å². The number of carbonyl (C=O) groups is 2. The SMILES string of the molecule is CCOC(=O)CC(O)C(O)c1cc(C(F)(F)F)ccc1C=O. The predicted octanol–water partition coefficient (Wildman–Crippen LogP) is 1.87. The minimum atomic E-state index is -4.66. The highest BCUT2D eigenvalue weighted by Gasteiger charge is 2.33. The van der Waals surface area contributed by atoms with E-state index in [0.717, 1.165) is 6.07 Å². The molecule has 2 N–H and O–H groups in total. The number of hydrogen-bond donors (Lipinski definition) is 2. The number of hydrogen-bond acceptors (Lipinski definition) is 5. The number of esters is 1. The number of rotatable bonds is 6. The monoisotopic (exact) mass is 320 g/mol. The summed E-state index contributed by atoms with van der Waals surface area (Å²) in [6.07, 6.45) is -8.53. The summed E-state index contributed by atoms with van der Waals surface area (Å²) in [6.45, 7) is 1.60. The maximum absolute atomic E-state index is 12.7. The van der Waals surface area contributed by atoms with Crippen molar-refractivity contribution in [2.45, 2.75) is 31.7 Å². The van der Waals surface area contributed by atoms with Crippen LogP contribution >= 0.6 is 0 Å². The number of benzene rings is 1. The van der Waals surface area contributed by atoms with Crippen molar-refractivity contribution in [2.24, 2.45) is 0 Å². The summed E-state index contributed by atoms with van der Waals surface area (Å²) in [6, 6.07) is 2.16. The Kier molecular flexibility index (Phi) is 6.07. The third-order valence-electron chi connectivity index (χ3n) is 2.91. The third-order valence-corrected chi connectivity index (χ3v) is 2.91. The molecule has 0 saturated heterocycles. The smallest absolute Gasteiger partial charge is 0.416 e. The Bertz CT molecular complexity index is 542. The van der Waals surface area contributed by atoms with Crippen LogP contribution in [0.3, 0.4) is 0 Å². The van der Waals surface area contributed by atoms with Gasteiger partial charge in [-0.05, 0) is 24.6 Å². The van der Waals surface area contributed by atoms with E-state index >= 15 is 0 Å². The molecule has 0 amide bonds. The van der Waals surface area contributed by atoms with E-state index in [2.05, 4.69) is 4.74 Å². The number of ether oxygens (including phenoxy) is 1. The molecule has 0 aromatic heterocycles. The second-order valence-corrected chi connectivity index (χ2v) is 4.48. The molecule has 8 heteroatoms. The molecular weight excluding hydrogens is 305 g/mol. The van der Waals surface area contributed by atoms with Gasteiger partial charge in [0.25, 0.3) is 0 Å². The van der Waals surface area contributed by atoms with Gasteiger partial charge in [0.1, 0.15) is 12.4 Å². The summed E-state index contributed by atoms with van der Waals surface area (Å²) in [4.78, 5) is 22.1. The molecular formula is C14H15F3O5. The average Bonchev–Trinajstić information content (AvgIpc) is 2.44. The summed E-state index contributed by atoms with van der Waals surface area (Å²) < 4.78 is 42.6. The third kappa shape index (κ3) is 4.54. The molecule has 5 nitrogen and oxygen atoms in total. The zero-order valence-electron chi connectivity index (χ0n) is 11.6. The number of aliphatic hydroxyl groups excluding tert-OH is 2. The molecule has 22 heavy (non-hydrogen) atoms. The van der Waals surface area contributed by atoms with Crippen molar-refractivity contribution in [2.75, 3.05) is 6.61 Å². The summed E-state index contributed by atoms with van der Waals surface area (Å²) in [5.41, 5.74) is -1.68. The Balaban J connectivity index is 3.06. The summed E-state index contributed by atoms with van der Waals surface area (Å²) in [5.74, 6) is -0.811. The maximum atomic E-state index is 12.7. The molecule has 0 aliphatic rings. The van der Waals surface area contributed by atoms with Gasteiger partial charge in [0.15, 0.2) is 0 Å². The molecule has 1 aromatic rings. The van der Waals surface area contributed by atoms with Crippen LogP contribution in [0.25, 0.3) is 0 Å². The lowest BCUT2D eigenvalue weighted by Crippen LogP contribution is -2.24. The second-order valence-electron chi connectivity index (χ2n) is 4.48. The van der Waals surface area contributed by atoms with Crippen molar-refractivity contribution < 1.29 is 37.7 Å². The Labute approximate surface area is 124 Å². The van der Waals surface area contributed by atoms with Gasteiger partial charge in [0.05, 0.1) is 24.7 Å². The Hall–Kier alpha value is -1.93. The molecule has 0 spiro atoms. The van der Waals surface area contributed by atoms with E-state index in [1.54, 1.807) is 0 Å². The number of aliphatic hydroxyl groups is 2. The van der Waals surface area contributed by atoms with Gasteiger partial charge in [-0.3, -0.25) is 9.59 Å². The van der Waals surface area contributed by atoms with E-state index in [-0.39, 0.29) is 18.5 Å². The fourth-order valence-electron chi connectivity index (χ4n) is 1.82. The summed E-state index contributed by atoms with van der Waals surface area (Å²) in [5, 5.41) is 19.7. The van der Waals surface area contributed by atoms with Crippen LogP contribution in [0.2, 0.25) is 0 Å². The van der Waals surface area contributed by atoms with Crippen LogP contribution in [0, 0.1) is 0 Å². The van der Waals surface area contributed by atoms with Gasteiger partial charge in [-0.2, -0.15) is 13.2 Å². The molecule has 1 aromatic carbocycles. The minimum Gasteiger partial charge on any atom is -0.466 e. The van der Waals surface area contributed by atoms with Gasteiger partial charge in [-0.15, -0.1) is 0 Å². The highest BCUT2D eigenvalue weighted by atomic mass is 19.4. The molecule has 0 radical (unpaired) electrons. The highest BCUT2D eigenvalue weighted by Crippen LogP contribution is 2.33. The van der Waals surface area contributed by atoms with Crippen molar-refractivity contribution in [3.05, 3.63) is 34.9 Å². The fraction of sp³-hybridized carbons (Fsp3) is 0.429. The molecule has 0 saturated carbocycles. The standard InChI is InChI=1S/C14H15F3O5/c1-2-22-12(20)6-11(19)13(21)10-5-9(14(15,16)17)4-3-8(10)7-18/h3-5,7,11,13,19,21H,2,6H2,1H3. The lowest BCUT2D eigenvalue weighted by Gasteiger charge is -2.20. The topological polar surface area (TPSA) is 83.8 Å². The first kappa shape index (κ1) is 18.1. The zero-order valence-corrected chi connectivity index (χ0v) is 11.6. The van der Waals surface area contributed by atoms with E-state index in [1.165, 1.54) is 6.92 Å². The predicted molar refractivity (Wildman–Crippen MR) is 69.0 cm³/mol. The molecule has 2 unspecified atom stereocenters. The molecule has 1 rings (SSSR count). The van der Waals surface area contributed by atoms with Crippen molar-refractivity contribution in [3.63, 3.8) is 0 Å². The van der Waals surface area contributed by atoms with Crippen molar-refractivity contribution >= 4 is 12.3 Å². The van der Waals surface area contributed by atoms with E-state index < -0.39 is 41.9 Å². The molecule has 2 atom stereocenters. The van der Waals surface area contributed by atoms with Crippen molar-refractivity contribution in [1.82, 2.24) is 0 Å². The van der Waals surface area contributed by atoms with Crippen LogP contribution in [0.5, 0.6) is 0 Å². The molecule has 0 bridgehead atoms. The first-order chi connectivity index (χ1) is 10.2. The molecule has 0 fully saturated rings. The zero-order chi connectivity index (χ0) is 16.9. The number of aldehydes is 1. The van der Waals surface area contributed by atoms with E-state index in [0.29, 0.717) is 12.1 Å². The lowest BCUT2D eigenvalue weighted by atomic mass is 9.95. The van der Waals surface area contributed by atoms with Crippen molar-refractivity contribution in [1.29, 1.82) is 0 Å². The van der Waals surface area contributed by atoms with Gasteiger partial charge >= 0.3 is 12.1 Å². The Morgan fingerprint density at radius 2 is 2.00 bits per heavy atom. The first-order valence-electron chi connectivity index (χ1n) is 6.38. The number of alkyl halides is 3. The van der Waals surface area contributed by atoms with Gasteiger partial charge in [0.2, 0.25) is 0 Å². The van der Waals surface area contributed by atoms with Crippen LogP contribution in [-0.4, -0.2) is 35.2 Å². The molecule has 0 aliphatic heterocycles. The van der Waals surface area contributed by atoms with Crippen LogP contribution in [0.1, 0.15) is 40.9 Å². The molecule has 0 heterocycles. The minimum absolute atomic E-state index is 0.0603. The van der Waals surface area contributed by atoms with Crippen LogP contribution < -0.4 is 0 Å². The van der Waals surface area contributed by atoms with E-state index in [4.69, 9.17) is 0 Å². The summed E-state index contributed by atoms with van der Waals surface area (Å²) in [7, 11) is 0. The normalized spacial score (nSPS) is 14.3. The fourth-order valence-corrected chi connectivity index (χ4v) is 1.82. The number of carbonyl (C=O) groups excluding carboxylic acids is 2. The van der Waals surface area contributed by atoms with Gasteiger partial charge < -0.3 is 14.9 Å². The van der Waals surface area contributed by atoms with Crippen LogP contribution in [-0.2, 0) is 15.7 Å². The maximum Gasteiger partial charge on any atom is 0.416 e. The molecule has 122 valence electrons. The van der Waals surface area contributed by atoms with Crippen LogP contribution in [0.4, 0.5) is 13.2 Å². The largest absolute Gasteiger partial charge is 0.466 e. The van der Waals surface area contributed by atoms with Gasteiger partial charge in [0, 0.05) is 5.56 Å². The van der Waals surface area contributed by atoms with E-state index in [1.807, 2.05) is 0 Å². The quantitative estimate of drug-likeness (QED) is 0.617. The Morgan fingerprint density at radius 3 is 2.50 bits per heavy atom. The van der Waals surface area contributed by atoms with Gasteiger partial charge in [-0.25, -0.2) is 0 Å². The van der Waals surface area contributed by atoms with Crippen LogP contribution in [0.15, 0.2) is 18.2 Å². The summed E-state index contributed by atoms with van der Waals surface area (Å²) >= 11 is 0. The lowest BCUT2D eigenvalue weighted by molar-refractivity contribution is -0.147. The number of halogens is 3. The Morgan fingerprint density at radius 1 is 1.36 bits per heavy atom. The van der Waals surface area contributed by atoms with E-state index in [9.17, 15) is 33.0 Å². The first-order valence-corrected chi connectivity index (χ1v) is 6.38. The molecule has 0 aliphatic carbocycles. The van der Waals surface area contributed by atoms with Gasteiger partial charge in [-0.1, -0.05) is 6.07 Å². The highest BCUT2D eigenvalue weighted by molar-refractivity contribution is 5.78.